The van der Waals surface area contributed by atoms with Gasteiger partial charge in [0, 0.05) is 21.1 Å². The highest BCUT2D eigenvalue weighted by Crippen LogP contribution is 2.25. The third kappa shape index (κ3) is 1.98. The largest absolute Gasteiger partial charge is 0.241 e. The van der Waals surface area contributed by atoms with Crippen molar-refractivity contribution in [2.24, 2.45) is 0 Å². The Hall–Kier alpha value is -0.670. The van der Waals surface area contributed by atoms with Crippen LogP contribution >= 0.6 is 27.3 Å². The van der Waals surface area contributed by atoms with E-state index < -0.39 is 0 Å². The molecule has 0 bridgehead atoms. The number of aromatic nitrogens is 1. The summed E-state index contributed by atoms with van der Waals surface area (Å²) in [6, 6.07) is 9.04. The second-order valence-corrected chi connectivity index (χ2v) is 4.49. The molecule has 1 nitrogen and oxygen atoms in total. The van der Waals surface area contributed by atoms with Gasteiger partial charge >= 0.3 is 0 Å². The van der Waals surface area contributed by atoms with Crippen LogP contribution in [-0.2, 0) is 0 Å². The minimum Gasteiger partial charge on any atom is -0.241 e. The second-order valence-electron chi connectivity index (χ2n) is 2.71. The number of aryl methyl sites for hydroxylation is 1. The van der Waals surface area contributed by atoms with Crippen molar-refractivity contribution in [1.82, 2.24) is 4.98 Å². The smallest absolute Gasteiger partial charge is 0.124 e. The number of nitrogens with zero attached hydrogens (tertiary/aromatic N) is 1. The summed E-state index contributed by atoms with van der Waals surface area (Å²) >= 11 is 5.07. The molecule has 0 aliphatic rings. The van der Waals surface area contributed by atoms with Gasteiger partial charge in [0.25, 0.3) is 0 Å². The maximum atomic E-state index is 4.39. The molecule has 3 heteroatoms. The molecule has 0 N–H and O–H groups in total. The van der Waals surface area contributed by atoms with Gasteiger partial charge < -0.3 is 0 Å². The summed E-state index contributed by atoms with van der Waals surface area (Å²) in [5.74, 6) is 0. The van der Waals surface area contributed by atoms with Crippen LogP contribution in [0, 0.1) is 13.0 Å². The van der Waals surface area contributed by atoms with Crippen molar-refractivity contribution in [3.63, 3.8) is 0 Å². The Kier molecular flexibility index (Phi) is 2.47. The Morgan fingerprint density at radius 1 is 1.54 bits per heavy atom. The Morgan fingerprint density at radius 2 is 2.38 bits per heavy atom. The Balaban J connectivity index is 2.46. The SMILES string of the molecule is Cc1csc(-c2[c]ccc(Br)c2)n1. The summed E-state index contributed by atoms with van der Waals surface area (Å²) < 4.78 is 1.06. The zero-order valence-corrected chi connectivity index (χ0v) is 9.45. The van der Waals surface area contributed by atoms with Crippen molar-refractivity contribution in [3.8, 4) is 10.6 Å². The highest BCUT2D eigenvalue weighted by atomic mass is 79.9. The lowest BCUT2D eigenvalue weighted by Gasteiger charge is -1.95. The Morgan fingerprint density at radius 3 is 3.00 bits per heavy atom. The molecule has 0 amide bonds. The van der Waals surface area contributed by atoms with Gasteiger partial charge in [-0.05, 0) is 25.1 Å². The van der Waals surface area contributed by atoms with E-state index in [2.05, 4.69) is 27.0 Å². The summed E-state index contributed by atoms with van der Waals surface area (Å²) in [6.45, 7) is 2.00. The van der Waals surface area contributed by atoms with Crippen LogP contribution in [0.1, 0.15) is 5.69 Å². The quantitative estimate of drug-likeness (QED) is 0.755. The molecule has 1 aromatic heterocycles. The van der Waals surface area contributed by atoms with Crippen LogP contribution in [0.4, 0.5) is 0 Å². The van der Waals surface area contributed by atoms with E-state index in [0.717, 1.165) is 20.7 Å². The van der Waals surface area contributed by atoms with Gasteiger partial charge in [-0.15, -0.1) is 11.3 Å². The standard InChI is InChI=1S/C10H7BrNS/c1-7-6-13-10(12-7)8-3-2-4-9(11)5-8/h2,4-6H,1H3. The number of hydrogen-bond donors (Lipinski definition) is 0. The van der Waals surface area contributed by atoms with Gasteiger partial charge in [0.1, 0.15) is 5.01 Å². The van der Waals surface area contributed by atoms with Gasteiger partial charge in [0.2, 0.25) is 0 Å². The van der Waals surface area contributed by atoms with Crippen LogP contribution in [0.3, 0.4) is 0 Å². The van der Waals surface area contributed by atoms with E-state index in [0.29, 0.717) is 0 Å². The van der Waals surface area contributed by atoms with Crippen molar-refractivity contribution >= 4 is 27.3 Å². The fourth-order valence-corrected chi connectivity index (χ4v) is 2.18. The van der Waals surface area contributed by atoms with Crippen LogP contribution in [0.25, 0.3) is 10.6 Å². The molecule has 0 spiro atoms. The first-order chi connectivity index (χ1) is 6.25. The van der Waals surface area contributed by atoms with E-state index >= 15 is 0 Å². The second kappa shape index (κ2) is 3.60. The third-order valence-electron chi connectivity index (χ3n) is 1.61. The van der Waals surface area contributed by atoms with Gasteiger partial charge in [0.05, 0.1) is 0 Å². The average molecular weight is 253 g/mol. The van der Waals surface area contributed by atoms with Crippen LogP contribution in [-0.4, -0.2) is 4.98 Å². The molecule has 0 aliphatic heterocycles. The highest BCUT2D eigenvalue weighted by molar-refractivity contribution is 9.10. The van der Waals surface area contributed by atoms with E-state index in [1.54, 1.807) is 11.3 Å². The van der Waals surface area contributed by atoms with Gasteiger partial charge in [-0.25, -0.2) is 4.98 Å². The number of hydrogen-bond acceptors (Lipinski definition) is 2. The minimum absolute atomic E-state index is 1.03. The average Bonchev–Trinajstić information content (AvgIpc) is 2.52. The number of thiazole rings is 1. The van der Waals surface area contributed by atoms with E-state index in [-0.39, 0.29) is 0 Å². The Bertz CT molecular complexity index is 422. The minimum atomic E-state index is 1.03. The first-order valence-corrected chi connectivity index (χ1v) is 5.53. The van der Waals surface area contributed by atoms with Gasteiger partial charge in [-0.3, -0.25) is 0 Å². The zero-order valence-electron chi connectivity index (χ0n) is 7.04. The summed E-state index contributed by atoms with van der Waals surface area (Å²) in [5, 5.41) is 3.07. The Labute approximate surface area is 89.6 Å². The summed E-state index contributed by atoms with van der Waals surface area (Å²) in [6.07, 6.45) is 0. The molecule has 0 fully saturated rings. The van der Waals surface area contributed by atoms with E-state index in [9.17, 15) is 0 Å². The van der Waals surface area contributed by atoms with Crippen LogP contribution in [0.2, 0.25) is 0 Å². The molecule has 1 heterocycles. The van der Waals surface area contributed by atoms with E-state index in [1.807, 2.05) is 30.5 Å². The highest BCUT2D eigenvalue weighted by Gasteiger charge is 2.02. The molecule has 2 rings (SSSR count). The normalized spacial score (nSPS) is 10.3. The van der Waals surface area contributed by atoms with E-state index in [1.165, 1.54) is 0 Å². The third-order valence-corrected chi connectivity index (χ3v) is 3.10. The van der Waals surface area contributed by atoms with Gasteiger partial charge in [-0.1, -0.05) is 22.0 Å². The van der Waals surface area contributed by atoms with Crippen molar-refractivity contribution in [2.75, 3.05) is 0 Å². The first-order valence-electron chi connectivity index (χ1n) is 3.85. The maximum absolute atomic E-state index is 4.39. The number of benzene rings is 1. The van der Waals surface area contributed by atoms with Crippen LogP contribution < -0.4 is 0 Å². The van der Waals surface area contributed by atoms with Crippen molar-refractivity contribution in [2.45, 2.75) is 6.92 Å². The van der Waals surface area contributed by atoms with Crippen LogP contribution in [0.15, 0.2) is 28.1 Å². The van der Waals surface area contributed by atoms with E-state index in [4.69, 9.17) is 0 Å². The molecular weight excluding hydrogens is 246 g/mol. The molecule has 0 saturated heterocycles. The number of halogens is 1. The predicted molar refractivity (Wildman–Crippen MR) is 58.8 cm³/mol. The molecule has 1 aromatic carbocycles. The summed E-state index contributed by atoms with van der Waals surface area (Å²) in [7, 11) is 0. The lowest BCUT2D eigenvalue weighted by Crippen LogP contribution is -1.76. The van der Waals surface area contributed by atoms with Gasteiger partial charge in [-0.2, -0.15) is 0 Å². The van der Waals surface area contributed by atoms with Crippen LogP contribution in [0.5, 0.6) is 0 Å². The monoisotopic (exact) mass is 252 g/mol. The topological polar surface area (TPSA) is 12.9 Å². The zero-order chi connectivity index (χ0) is 9.26. The maximum Gasteiger partial charge on any atom is 0.124 e. The molecule has 0 unspecified atom stereocenters. The molecule has 13 heavy (non-hydrogen) atoms. The number of rotatable bonds is 1. The predicted octanol–water partition coefficient (Wildman–Crippen LogP) is 3.68. The fraction of sp³-hybridized carbons (Fsp3) is 0.100. The molecule has 0 aliphatic carbocycles. The fourth-order valence-electron chi connectivity index (χ4n) is 1.04. The van der Waals surface area contributed by atoms with Crippen molar-refractivity contribution < 1.29 is 0 Å². The summed E-state index contributed by atoms with van der Waals surface area (Å²) in [4.78, 5) is 4.39. The van der Waals surface area contributed by atoms with Crippen molar-refractivity contribution in [3.05, 3.63) is 39.8 Å². The summed E-state index contributed by atoms with van der Waals surface area (Å²) in [5.41, 5.74) is 2.11. The molecule has 0 saturated carbocycles. The molecule has 65 valence electrons. The molecule has 0 atom stereocenters. The molecule has 1 radical (unpaired) electrons. The van der Waals surface area contributed by atoms with Gasteiger partial charge in [0.15, 0.2) is 0 Å². The first kappa shape index (κ1) is 8.91. The van der Waals surface area contributed by atoms with Crippen molar-refractivity contribution in [1.29, 1.82) is 0 Å². The lowest BCUT2D eigenvalue weighted by atomic mass is 10.2. The molecular formula is C10H7BrNS. The molecule has 2 aromatic rings. The lowest BCUT2D eigenvalue weighted by molar-refractivity contribution is 1.27.